The molecular formula is C15H24N4O2. The molecule has 2 heterocycles. The lowest BCUT2D eigenvalue weighted by atomic mass is 10.3. The maximum Gasteiger partial charge on any atom is 0.269 e. The number of carbonyl (C=O) groups is 1. The van der Waals surface area contributed by atoms with Gasteiger partial charge in [-0.25, -0.2) is 4.98 Å². The van der Waals surface area contributed by atoms with Crippen molar-refractivity contribution < 1.29 is 9.53 Å². The minimum Gasteiger partial charge on any atom is -0.379 e. The summed E-state index contributed by atoms with van der Waals surface area (Å²) in [6.45, 7) is 5.26. The first kappa shape index (κ1) is 15.7. The fourth-order valence-electron chi connectivity index (χ4n) is 2.22. The number of aromatic nitrogens is 1. The number of nitrogens with zero attached hydrogens (tertiary/aromatic N) is 3. The standard InChI is InChI=1S/C15H24N4O2/c1-18(2)14-6-3-5-13(17-14)15(20)16-7-4-8-19-9-11-21-12-10-19/h3,5-6H,4,7-12H2,1-2H3,(H,16,20). The van der Waals surface area contributed by atoms with Crippen molar-refractivity contribution in [1.82, 2.24) is 15.2 Å². The molecule has 1 aromatic rings. The van der Waals surface area contributed by atoms with E-state index in [1.54, 1.807) is 6.07 Å². The van der Waals surface area contributed by atoms with Crippen LogP contribution in [0.4, 0.5) is 5.82 Å². The summed E-state index contributed by atoms with van der Waals surface area (Å²) in [5, 5.41) is 2.93. The minimum absolute atomic E-state index is 0.110. The summed E-state index contributed by atoms with van der Waals surface area (Å²) in [6, 6.07) is 5.48. The van der Waals surface area contributed by atoms with Gasteiger partial charge in [0.1, 0.15) is 11.5 Å². The van der Waals surface area contributed by atoms with E-state index in [1.165, 1.54) is 0 Å². The zero-order valence-electron chi connectivity index (χ0n) is 12.8. The van der Waals surface area contributed by atoms with Crippen molar-refractivity contribution in [2.75, 3.05) is 58.4 Å². The second kappa shape index (κ2) is 7.95. The van der Waals surface area contributed by atoms with Crippen LogP contribution in [0.25, 0.3) is 0 Å². The summed E-state index contributed by atoms with van der Waals surface area (Å²) in [5.41, 5.74) is 0.465. The summed E-state index contributed by atoms with van der Waals surface area (Å²) in [6.07, 6.45) is 0.944. The molecule has 1 N–H and O–H groups in total. The number of morpholine rings is 1. The van der Waals surface area contributed by atoms with Crippen LogP contribution in [0.5, 0.6) is 0 Å². The number of nitrogens with one attached hydrogen (secondary N) is 1. The first-order valence-corrected chi connectivity index (χ1v) is 7.39. The van der Waals surface area contributed by atoms with Crippen LogP contribution in [-0.2, 0) is 4.74 Å². The number of carbonyl (C=O) groups excluding carboxylic acids is 1. The number of pyridine rings is 1. The molecule has 1 aromatic heterocycles. The molecule has 2 rings (SSSR count). The molecule has 0 aromatic carbocycles. The number of amides is 1. The molecule has 116 valence electrons. The van der Waals surface area contributed by atoms with Crippen LogP contribution in [0.3, 0.4) is 0 Å². The quantitative estimate of drug-likeness (QED) is 0.778. The van der Waals surface area contributed by atoms with Crippen LogP contribution in [-0.4, -0.2) is 69.3 Å². The number of hydrogen-bond donors (Lipinski definition) is 1. The van der Waals surface area contributed by atoms with Gasteiger partial charge in [-0.1, -0.05) is 6.07 Å². The highest BCUT2D eigenvalue weighted by molar-refractivity contribution is 5.92. The first-order valence-electron chi connectivity index (χ1n) is 7.39. The lowest BCUT2D eigenvalue weighted by molar-refractivity contribution is 0.0374. The SMILES string of the molecule is CN(C)c1cccc(C(=O)NCCCN2CCOCC2)n1. The third-order valence-corrected chi connectivity index (χ3v) is 3.47. The van der Waals surface area contributed by atoms with Gasteiger partial charge in [0.05, 0.1) is 13.2 Å². The second-order valence-electron chi connectivity index (χ2n) is 5.34. The maximum absolute atomic E-state index is 12.0. The van der Waals surface area contributed by atoms with Crippen molar-refractivity contribution in [2.24, 2.45) is 0 Å². The van der Waals surface area contributed by atoms with Crippen molar-refractivity contribution in [2.45, 2.75) is 6.42 Å². The van der Waals surface area contributed by atoms with Crippen LogP contribution in [0.1, 0.15) is 16.9 Å². The molecule has 1 fully saturated rings. The summed E-state index contributed by atoms with van der Waals surface area (Å²) in [5.74, 6) is 0.677. The zero-order chi connectivity index (χ0) is 15.1. The molecule has 1 aliphatic heterocycles. The molecule has 6 nitrogen and oxygen atoms in total. The van der Waals surface area contributed by atoms with E-state index in [-0.39, 0.29) is 5.91 Å². The van der Waals surface area contributed by atoms with Crippen molar-refractivity contribution in [1.29, 1.82) is 0 Å². The Morgan fingerprint density at radius 1 is 1.38 bits per heavy atom. The molecular weight excluding hydrogens is 268 g/mol. The van der Waals surface area contributed by atoms with Crippen molar-refractivity contribution in [3.63, 3.8) is 0 Å². The first-order chi connectivity index (χ1) is 10.2. The lowest BCUT2D eigenvalue weighted by Crippen LogP contribution is -2.38. The van der Waals surface area contributed by atoms with Crippen LogP contribution in [0.2, 0.25) is 0 Å². The predicted octanol–water partition coefficient (Wildman–Crippen LogP) is 0.600. The molecule has 0 spiro atoms. The minimum atomic E-state index is -0.110. The average molecular weight is 292 g/mol. The van der Waals surface area contributed by atoms with Crippen molar-refractivity contribution in [3.8, 4) is 0 Å². The van der Waals surface area contributed by atoms with Crippen LogP contribution < -0.4 is 10.2 Å². The van der Waals surface area contributed by atoms with Gasteiger partial charge in [0, 0.05) is 33.7 Å². The maximum atomic E-state index is 12.0. The number of anilines is 1. The second-order valence-corrected chi connectivity index (χ2v) is 5.34. The summed E-state index contributed by atoms with van der Waals surface area (Å²) < 4.78 is 5.31. The van der Waals surface area contributed by atoms with E-state index in [0.29, 0.717) is 12.2 Å². The zero-order valence-corrected chi connectivity index (χ0v) is 12.8. The molecule has 0 atom stereocenters. The topological polar surface area (TPSA) is 57.7 Å². The highest BCUT2D eigenvalue weighted by atomic mass is 16.5. The van der Waals surface area contributed by atoms with Crippen molar-refractivity contribution in [3.05, 3.63) is 23.9 Å². The van der Waals surface area contributed by atoms with Gasteiger partial charge in [0.25, 0.3) is 5.91 Å². The molecule has 0 aliphatic carbocycles. The molecule has 1 aliphatic rings. The highest BCUT2D eigenvalue weighted by Crippen LogP contribution is 2.07. The Balaban J connectivity index is 1.72. The molecule has 0 radical (unpaired) electrons. The normalized spacial score (nSPS) is 15.7. The van der Waals surface area contributed by atoms with Gasteiger partial charge in [-0.3, -0.25) is 9.69 Å². The van der Waals surface area contributed by atoms with E-state index in [1.807, 2.05) is 31.1 Å². The van der Waals surface area contributed by atoms with Crippen molar-refractivity contribution >= 4 is 11.7 Å². The third kappa shape index (κ3) is 4.99. The summed E-state index contributed by atoms with van der Waals surface area (Å²) in [4.78, 5) is 20.6. The number of ether oxygens (including phenoxy) is 1. The highest BCUT2D eigenvalue weighted by Gasteiger charge is 2.11. The Bertz CT molecular complexity index is 459. The molecule has 21 heavy (non-hydrogen) atoms. The van der Waals surface area contributed by atoms with Gasteiger partial charge in [0.2, 0.25) is 0 Å². The molecule has 0 unspecified atom stereocenters. The Morgan fingerprint density at radius 2 is 2.14 bits per heavy atom. The number of rotatable bonds is 6. The van der Waals surface area contributed by atoms with E-state index >= 15 is 0 Å². The van der Waals surface area contributed by atoms with E-state index < -0.39 is 0 Å². The molecule has 0 bridgehead atoms. The average Bonchev–Trinajstić information content (AvgIpc) is 2.52. The summed E-state index contributed by atoms with van der Waals surface area (Å²) >= 11 is 0. The van der Waals surface area contributed by atoms with Gasteiger partial charge < -0.3 is 15.0 Å². The Labute approximate surface area is 126 Å². The fraction of sp³-hybridized carbons (Fsp3) is 0.600. The van der Waals surface area contributed by atoms with E-state index in [0.717, 1.165) is 45.1 Å². The van der Waals surface area contributed by atoms with Crippen LogP contribution in [0, 0.1) is 0 Å². The van der Waals surface area contributed by atoms with Gasteiger partial charge in [-0.2, -0.15) is 0 Å². The van der Waals surface area contributed by atoms with E-state index in [4.69, 9.17) is 4.74 Å². The largest absolute Gasteiger partial charge is 0.379 e. The van der Waals surface area contributed by atoms with Crippen LogP contribution >= 0.6 is 0 Å². The molecule has 1 saturated heterocycles. The lowest BCUT2D eigenvalue weighted by Gasteiger charge is -2.26. The monoisotopic (exact) mass is 292 g/mol. The Kier molecular flexibility index (Phi) is 5.95. The van der Waals surface area contributed by atoms with Crippen LogP contribution in [0.15, 0.2) is 18.2 Å². The van der Waals surface area contributed by atoms with Gasteiger partial charge in [-0.15, -0.1) is 0 Å². The molecule has 1 amide bonds. The third-order valence-electron chi connectivity index (χ3n) is 3.47. The van der Waals surface area contributed by atoms with E-state index in [9.17, 15) is 4.79 Å². The number of hydrogen-bond acceptors (Lipinski definition) is 5. The van der Waals surface area contributed by atoms with Gasteiger partial charge in [-0.05, 0) is 25.1 Å². The molecule has 0 saturated carbocycles. The smallest absolute Gasteiger partial charge is 0.269 e. The van der Waals surface area contributed by atoms with Gasteiger partial charge in [0.15, 0.2) is 0 Å². The summed E-state index contributed by atoms with van der Waals surface area (Å²) in [7, 11) is 3.82. The van der Waals surface area contributed by atoms with E-state index in [2.05, 4.69) is 15.2 Å². The van der Waals surface area contributed by atoms with Gasteiger partial charge >= 0.3 is 0 Å². The predicted molar refractivity (Wildman–Crippen MR) is 82.8 cm³/mol. The molecule has 6 heteroatoms. The Morgan fingerprint density at radius 3 is 2.86 bits per heavy atom. The Hall–Kier alpha value is -1.66. The fourth-order valence-corrected chi connectivity index (χ4v) is 2.22.